The molecule has 0 atom stereocenters. The van der Waals surface area contributed by atoms with Crippen LogP contribution in [0.25, 0.3) is 5.65 Å². The molecule has 112 valence electrons. The fraction of sp³-hybridized carbons (Fsp3) is 0.0714. The lowest BCUT2D eigenvalue weighted by molar-refractivity contribution is 0.102. The van der Waals surface area contributed by atoms with E-state index in [-0.39, 0.29) is 28.6 Å². The van der Waals surface area contributed by atoms with Crippen LogP contribution in [0.15, 0.2) is 41.3 Å². The summed E-state index contributed by atoms with van der Waals surface area (Å²) in [6.45, 7) is 0. The van der Waals surface area contributed by atoms with Gasteiger partial charge in [-0.05, 0) is 24.3 Å². The zero-order valence-corrected chi connectivity index (χ0v) is 12.6. The molecule has 2 heterocycles. The number of rotatable bonds is 3. The van der Waals surface area contributed by atoms with Gasteiger partial charge < -0.3 is 5.32 Å². The molecule has 0 spiro atoms. The molecule has 0 aliphatic rings. The monoisotopic (exact) mass is 336 g/mol. The molecule has 1 aromatic carbocycles. The quantitative estimate of drug-likeness (QED) is 0.721. The van der Waals surface area contributed by atoms with E-state index in [0.29, 0.717) is 16.4 Å². The van der Waals surface area contributed by atoms with Crippen LogP contribution in [0, 0.1) is 0 Å². The topological polar surface area (TPSA) is 79.3 Å². The number of nitrogens with zero attached hydrogens (tertiary/aromatic N) is 2. The van der Waals surface area contributed by atoms with E-state index in [9.17, 15) is 9.59 Å². The predicted octanol–water partition coefficient (Wildman–Crippen LogP) is 2.67. The highest BCUT2D eigenvalue weighted by atomic mass is 35.5. The molecule has 22 heavy (non-hydrogen) atoms. The molecular formula is C14H10Cl2N4O2. The van der Waals surface area contributed by atoms with Crippen LogP contribution in [-0.4, -0.2) is 20.5 Å². The summed E-state index contributed by atoms with van der Waals surface area (Å²) in [5, 5.41) is 5.99. The van der Waals surface area contributed by atoms with Crippen molar-refractivity contribution in [3.05, 3.63) is 63.2 Å². The SMILES string of the molecule is O=C(Nc1ccc(Cl)cc1)c1c[nH]n2c(=O)cc(CCl)nc12. The number of H-pyrrole nitrogens is 1. The van der Waals surface area contributed by atoms with E-state index >= 15 is 0 Å². The van der Waals surface area contributed by atoms with Gasteiger partial charge in [-0.1, -0.05) is 11.6 Å². The Morgan fingerprint density at radius 3 is 2.73 bits per heavy atom. The zero-order chi connectivity index (χ0) is 15.7. The van der Waals surface area contributed by atoms with Crippen LogP contribution < -0.4 is 10.9 Å². The summed E-state index contributed by atoms with van der Waals surface area (Å²) >= 11 is 11.5. The number of hydrogen-bond acceptors (Lipinski definition) is 3. The van der Waals surface area contributed by atoms with Gasteiger partial charge in [0.2, 0.25) is 0 Å². The number of halogens is 2. The van der Waals surface area contributed by atoms with E-state index in [1.807, 2.05) is 0 Å². The highest BCUT2D eigenvalue weighted by Gasteiger charge is 2.15. The lowest BCUT2D eigenvalue weighted by atomic mass is 10.2. The summed E-state index contributed by atoms with van der Waals surface area (Å²) in [6.07, 6.45) is 1.42. The molecule has 0 fully saturated rings. The molecule has 1 amide bonds. The fourth-order valence-corrected chi connectivity index (χ4v) is 2.26. The van der Waals surface area contributed by atoms with Crippen LogP contribution >= 0.6 is 23.2 Å². The third-order valence-electron chi connectivity index (χ3n) is 3.03. The first kappa shape index (κ1) is 14.6. The maximum absolute atomic E-state index is 12.3. The summed E-state index contributed by atoms with van der Waals surface area (Å²) in [7, 11) is 0. The minimum absolute atomic E-state index is 0.0924. The molecule has 0 aliphatic heterocycles. The average Bonchev–Trinajstić information content (AvgIpc) is 2.94. The van der Waals surface area contributed by atoms with Crippen molar-refractivity contribution < 1.29 is 4.79 Å². The molecule has 2 N–H and O–H groups in total. The Balaban J connectivity index is 1.99. The van der Waals surface area contributed by atoms with Gasteiger partial charge in [0.15, 0.2) is 5.65 Å². The largest absolute Gasteiger partial charge is 0.322 e. The molecule has 3 rings (SSSR count). The molecule has 0 unspecified atom stereocenters. The summed E-state index contributed by atoms with van der Waals surface area (Å²) < 4.78 is 1.19. The van der Waals surface area contributed by atoms with Gasteiger partial charge in [0.25, 0.3) is 11.5 Å². The Morgan fingerprint density at radius 1 is 1.32 bits per heavy atom. The molecular weight excluding hydrogens is 327 g/mol. The molecule has 0 aliphatic carbocycles. The van der Waals surface area contributed by atoms with Gasteiger partial charge in [-0.2, -0.15) is 0 Å². The summed E-state index contributed by atoms with van der Waals surface area (Å²) in [5.74, 6) is -0.297. The van der Waals surface area contributed by atoms with Crippen LogP contribution in [-0.2, 0) is 5.88 Å². The Bertz CT molecular complexity index is 899. The van der Waals surface area contributed by atoms with Gasteiger partial charge in [0, 0.05) is 23.0 Å². The molecule has 0 radical (unpaired) electrons. The third-order valence-corrected chi connectivity index (χ3v) is 3.56. The summed E-state index contributed by atoms with van der Waals surface area (Å²) in [4.78, 5) is 28.4. The van der Waals surface area contributed by atoms with Crippen LogP contribution in [0.5, 0.6) is 0 Å². The number of anilines is 1. The number of carbonyl (C=O) groups excluding carboxylic acids is 1. The second-order valence-electron chi connectivity index (χ2n) is 4.53. The second-order valence-corrected chi connectivity index (χ2v) is 5.23. The van der Waals surface area contributed by atoms with Crippen LogP contribution in [0.2, 0.25) is 5.02 Å². The Labute approximate surface area is 134 Å². The molecule has 0 saturated heterocycles. The third kappa shape index (κ3) is 2.70. The first-order valence-corrected chi connectivity index (χ1v) is 7.22. The number of amides is 1. The smallest absolute Gasteiger partial charge is 0.272 e. The lowest BCUT2D eigenvalue weighted by Gasteiger charge is -2.04. The number of hydrogen-bond donors (Lipinski definition) is 2. The minimum atomic E-state index is -0.389. The van der Waals surface area contributed by atoms with Crippen LogP contribution in [0.3, 0.4) is 0 Å². The number of aromatic amines is 1. The van der Waals surface area contributed by atoms with Gasteiger partial charge in [0.05, 0.1) is 11.6 Å². The van der Waals surface area contributed by atoms with Crippen molar-refractivity contribution in [2.24, 2.45) is 0 Å². The maximum atomic E-state index is 12.3. The maximum Gasteiger partial charge on any atom is 0.272 e. The van der Waals surface area contributed by atoms with Crippen LogP contribution in [0.1, 0.15) is 16.1 Å². The Kier molecular flexibility index (Phi) is 3.87. The first-order chi connectivity index (χ1) is 10.6. The Morgan fingerprint density at radius 2 is 2.05 bits per heavy atom. The van der Waals surface area contributed by atoms with Gasteiger partial charge in [-0.3, -0.25) is 14.7 Å². The number of nitrogens with one attached hydrogen (secondary N) is 2. The van der Waals surface area contributed by atoms with Crippen molar-refractivity contribution in [1.82, 2.24) is 14.6 Å². The van der Waals surface area contributed by atoms with Gasteiger partial charge in [0.1, 0.15) is 5.56 Å². The normalized spacial score (nSPS) is 10.8. The van der Waals surface area contributed by atoms with E-state index < -0.39 is 0 Å². The van der Waals surface area contributed by atoms with Gasteiger partial charge in [-0.15, -0.1) is 11.6 Å². The Hall–Kier alpha value is -2.31. The van der Waals surface area contributed by atoms with Crippen molar-refractivity contribution in [3.8, 4) is 0 Å². The van der Waals surface area contributed by atoms with E-state index in [4.69, 9.17) is 23.2 Å². The van der Waals surface area contributed by atoms with Crippen molar-refractivity contribution in [3.63, 3.8) is 0 Å². The summed E-state index contributed by atoms with van der Waals surface area (Å²) in [6, 6.07) is 8.01. The predicted molar refractivity (Wildman–Crippen MR) is 84.8 cm³/mol. The summed E-state index contributed by atoms with van der Waals surface area (Å²) in [5.41, 5.74) is 1.15. The van der Waals surface area contributed by atoms with Crippen molar-refractivity contribution >= 4 is 40.4 Å². The first-order valence-electron chi connectivity index (χ1n) is 6.31. The number of aromatic nitrogens is 3. The van der Waals surface area contributed by atoms with Crippen molar-refractivity contribution in [2.45, 2.75) is 5.88 Å². The minimum Gasteiger partial charge on any atom is -0.322 e. The lowest BCUT2D eigenvalue weighted by Crippen LogP contribution is -2.17. The van der Waals surface area contributed by atoms with Crippen molar-refractivity contribution in [1.29, 1.82) is 0 Å². The average molecular weight is 337 g/mol. The number of carbonyl (C=O) groups is 1. The van der Waals surface area contributed by atoms with E-state index in [2.05, 4.69) is 15.4 Å². The molecule has 0 bridgehead atoms. The van der Waals surface area contributed by atoms with Crippen molar-refractivity contribution in [2.75, 3.05) is 5.32 Å². The fourth-order valence-electron chi connectivity index (χ4n) is 2.00. The number of benzene rings is 1. The molecule has 6 nitrogen and oxygen atoms in total. The van der Waals surface area contributed by atoms with Gasteiger partial charge in [-0.25, -0.2) is 9.50 Å². The number of fused-ring (bicyclic) bond motifs is 1. The standard InChI is InChI=1S/C14H10Cl2N4O2/c15-6-10-5-12(21)20-13(18-10)11(7-17-20)14(22)19-9-3-1-8(16)2-4-9/h1-5,7,17H,6H2,(H,19,22). The van der Waals surface area contributed by atoms with E-state index in [1.165, 1.54) is 16.8 Å². The van der Waals surface area contributed by atoms with E-state index in [1.54, 1.807) is 24.3 Å². The highest BCUT2D eigenvalue weighted by Crippen LogP contribution is 2.15. The van der Waals surface area contributed by atoms with Gasteiger partial charge >= 0.3 is 0 Å². The van der Waals surface area contributed by atoms with Crippen LogP contribution in [0.4, 0.5) is 5.69 Å². The second kappa shape index (κ2) is 5.82. The molecule has 2 aromatic heterocycles. The van der Waals surface area contributed by atoms with E-state index in [0.717, 1.165) is 0 Å². The highest BCUT2D eigenvalue weighted by molar-refractivity contribution is 6.30. The molecule has 8 heteroatoms. The molecule has 3 aromatic rings. The number of alkyl halides is 1. The molecule has 0 saturated carbocycles. The zero-order valence-electron chi connectivity index (χ0n) is 11.1.